The Morgan fingerprint density at radius 2 is 1.70 bits per heavy atom. The van der Waals surface area contributed by atoms with E-state index in [0.717, 1.165) is 64.7 Å². The second-order valence-corrected chi connectivity index (χ2v) is 8.11. The Morgan fingerprint density at radius 3 is 2.37 bits per heavy atom. The van der Waals surface area contributed by atoms with E-state index in [9.17, 15) is 0 Å². The summed E-state index contributed by atoms with van der Waals surface area (Å²) in [6, 6.07) is 0. The van der Waals surface area contributed by atoms with Gasteiger partial charge in [-0.05, 0) is 38.5 Å². The highest BCUT2D eigenvalue weighted by Gasteiger charge is 2.24. The SMILES string of the molecule is CN=C(NCCOC1CCCCCC1)N1CCC(OCC2CCCO2)CC1. The van der Waals surface area contributed by atoms with Crippen molar-refractivity contribution in [1.29, 1.82) is 0 Å². The van der Waals surface area contributed by atoms with Gasteiger partial charge < -0.3 is 24.4 Å². The highest BCUT2D eigenvalue weighted by atomic mass is 16.5. The van der Waals surface area contributed by atoms with Crippen LogP contribution < -0.4 is 5.32 Å². The van der Waals surface area contributed by atoms with Crippen molar-refractivity contribution >= 4 is 5.96 Å². The summed E-state index contributed by atoms with van der Waals surface area (Å²) in [7, 11) is 1.87. The molecule has 1 unspecified atom stereocenters. The number of hydrogen-bond acceptors (Lipinski definition) is 4. The maximum atomic E-state index is 6.08. The maximum Gasteiger partial charge on any atom is 0.193 e. The van der Waals surface area contributed by atoms with Crippen LogP contribution in [0.4, 0.5) is 0 Å². The van der Waals surface area contributed by atoms with Crippen molar-refractivity contribution in [1.82, 2.24) is 10.2 Å². The number of nitrogens with one attached hydrogen (secondary N) is 1. The molecule has 1 saturated carbocycles. The molecule has 0 spiro atoms. The molecule has 0 amide bonds. The molecule has 6 nitrogen and oxygen atoms in total. The smallest absolute Gasteiger partial charge is 0.193 e. The molecule has 27 heavy (non-hydrogen) atoms. The summed E-state index contributed by atoms with van der Waals surface area (Å²) in [6.45, 7) is 5.26. The van der Waals surface area contributed by atoms with E-state index in [-0.39, 0.29) is 0 Å². The average Bonchev–Trinajstić information content (AvgIpc) is 3.09. The van der Waals surface area contributed by atoms with E-state index in [4.69, 9.17) is 14.2 Å². The molecule has 0 radical (unpaired) electrons. The van der Waals surface area contributed by atoms with Crippen LogP contribution in [0, 0.1) is 0 Å². The number of piperidine rings is 1. The fourth-order valence-corrected chi connectivity index (χ4v) is 4.38. The van der Waals surface area contributed by atoms with E-state index in [1.165, 1.54) is 44.9 Å². The lowest BCUT2D eigenvalue weighted by atomic mass is 10.1. The van der Waals surface area contributed by atoms with Crippen LogP contribution in [0.15, 0.2) is 4.99 Å². The molecule has 1 N–H and O–H groups in total. The number of aliphatic imine (C=N–C) groups is 1. The molecule has 156 valence electrons. The molecule has 3 fully saturated rings. The first-order chi connectivity index (χ1) is 13.3. The quantitative estimate of drug-likeness (QED) is 0.318. The summed E-state index contributed by atoms with van der Waals surface area (Å²) >= 11 is 0. The monoisotopic (exact) mass is 381 g/mol. The minimum Gasteiger partial charge on any atom is -0.376 e. The first kappa shape index (κ1) is 20.9. The van der Waals surface area contributed by atoms with Crippen molar-refractivity contribution in [2.75, 3.05) is 46.5 Å². The molecule has 2 aliphatic heterocycles. The minimum atomic E-state index is 0.325. The zero-order valence-corrected chi connectivity index (χ0v) is 17.2. The standard InChI is InChI=1S/C21H39N3O3/c1-22-21(23-12-16-26-18-7-4-2-3-5-8-18)24-13-10-19(11-14-24)27-17-20-9-6-15-25-20/h18-20H,2-17H2,1H3,(H,22,23). The fraction of sp³-hybridized carbons (Fsp3) is 0.952. The number of rotatable bonds is 7. The molecule has 0 aromatic carbocycles. The lowest BCUT2D eigenvalue weighted by Crippen LogP contribution is -2.48. The van der Waals surface area contributed by atoms with Crippen molar-refractivity contribution in [3.05, 3.63) is 0 Å². The van der Waals surface area contributed by atoms with E-state index in [0.29, 0.717) is 18.3 Å². The molecule has 0 bridgehead atoms. The molecular weight excluding hydrogens is 342 g/mol. The zero-order valence-electron chi connectivity index (χ0n) is 17.2. The maximum absolute atomic E-state index is 6.08. The first-order valence-corrected chi connectivity index (χ1v) is 11.2. The Morgan fingerprint density at radius 1 is 0.963 bits per heavy atom. The van der Waals surface area contributed by atoms with Crippen molar-refractivity contribution < 1.29 is 14.2 Å². The van der Waals surface area contributed by atoms with Gasteiger partial charge in [-0.15, -0.1) is 0 Å². The second kappa shape index (κ2) is 11.9. The van der Waals surface area contributed by atoms with Gasteiger partial charge in [-0.25, -0.2) is 0 Å². The van der Waals surface area contributed by atoms with Crippen LogP contribution in [-0.2, 0) is 14.2 Å². The van der Waals surface area contributed by atoms with Gasteiger partial charge in [-0.3, -0.25) is 4.99 Å². The van der Waals surface area contributed by atoms with Crippen LogP contribution in [0.1, 0.15) is 64.2 Å². The third kappa shape index (κ3) is 7.24. The predicted molar refractivity (Wildman–Crippen MR) is 108 cm³/mol. The van der Waals surface area contributed by atoms with Gasteiger partial charge in [0.05, 0.1) is 31.5 Å². The largest absolute Gasteiger partial charge is 0.376 e. The van der Waals surface area contributed by atoms with Gasteiger partial charge in [-0.2, -0.15) is 0 Å². The number of nitrogens with zero attached hydrogens (tertiary/aromatic N) is 2. The van der Waals surface area contributed by atoms with Crippen molar-refractivity contribution in [2.24, 2.45) is 4.99 Å². The van der Waals surface area contributed by atoms with E-state index < -0.39 is 0 Å². The van der Waals surface area contributed by atoms with Crippen LogP contribution in [-0.4, -0.2) is 75.7 Å². The van der Waals surface area contributed by atoms with E-state index in [1.54, 1.807) is 0 Å². The van der Waals surface area contributed by atoms with Gasteiger partial charge in [0.1, 0.15) is 0 Å². The van der Waals surface area contributed by atoms with Crippen molar-refractivity contribution in [3.8, 4) is 0 Å². The normalized spacial score (nSPS) is 26.3. The van der Waals surface area contributed by atoms with Gasteiger partial charge in [0.2, 0.25) is 0 Å². The molecule has 3 rings (SSSR count). The van der Waals surface area contributed by atoms with Crippen LogP contribution in [0.25, 0.3) is 0 Å². The Labute approximate surface area is 165 Å². The molecule has 0 aromatic heterocycles. The van der Waals surface area contributed by atoms with Gasteiger partial charge >= 0.3 is 0 Å². The number of guanidine groups is 1. The summed E-state index contributed by atoms with van der Waals surface area (Å²) in [5.41, 5.74) is 0. The van der Waals surface area contributed by atoms with Crippen LogP contribution >= 0.6 is 0 Å². The predicted octanol–water partition coefficient (Wildman–Crippen LogP) is 2.96. The average molecular weight is 382 g/mol. The highest BCUT2D eigenvalue weighted by molar-refractivity contribution is 5.79. The fourth-order valence-electron chi connectivity index (χ4n) is 4.38. The Kier molecular flexibility index (Phi) is 9.18. The van der Waals surface area contributed by atoms with E-state index >= 15 is 0 Å². The lowest BCUT2D eigenvalue weighted by molar-refractivity contribution is -0.0367. The van der Waals surface area contributed by atoms with Crippen molar-refractivity contribution in [3.63, 3.8) is 0 Å². The topological polar surface area (TPSA) is 55.3 Å². The molecular formula is C21H39N3O3. The van der Waals surface area contributed by atoms with Gasteiger partial charge in [-0.1, -0.05) is 25.7 Å². The first-order valence-electron chi connectivity index (χ1n) is 11.2. The summed E-state index contributed by atoms with van der Waals surface area (Å²) in [4.78, 5) is 6.81. The molecule has 2 heterocycles. The summed E-state index contributed by atoms with van der Waals surface area (Å²) < 4.78 is 17.8. The lowest BCUT2D eigenvalue weighted by Gasteiger charge is -2.34. The third-order valence-corrected chi connectivity index (χ3v) is 6.04. The molecule has 1 atom stereocenters. The minimum absolute atomic E-state index is 0.325. The highest BCUT2D eigenvalue weighted by Crippen LogP contribution is 2.20. The summed E-state index contributed by atoms with van der Waals surface area (Å²) in [6.07, 6.45) is 13.5. The van der Waals surface area contributed by atoms with Crippen LogP contribution in [0.2, 0.25) is 0 Å². The van der Waals surface area contributed by atoms with Gasteiger partial charge in [0.25, 0.3) is 0 Å². The van der Waals surface area contributed by atoms with E-state index in [2.05, 4.69) is 15.2 Å². The molecule has 1 aliphatic carbocycles. The van der Waals surface area contributed by atoms with Crippen LogP contribution in [0.3, 0.4) is 0 Å². The molecule has 6 heteroatoms. The summed E-state index contributed by atoms with van der Waals surface area (Å²) in [5, 5.41) is 3.48. The number of hydrogen-bond donors (Lipinski definition) is 1. The summed E-state index contributed by atoms with van der Waals surface area (Å²) in [5.74, 6) is 0.997. The Bertz CT molecular complexity index is 424. The number of likely N-dealkylation sites (tertiary alicyclic amines) is 1. The second-order valence-electron chi connectivity index (χ2n) is 8.11. The Hall–Kier alpha value is -0.850. The van der Waals surface area contributed by atoms with Crippen LogP contribution in [0.5, 0.6) is 0 Å². The molecule has 2 saturated heterocycles. The van der Waals surface area contributed by atoms with Gasteiger partial charge in [0, 0.05) is 33.3 Å². The van der Waals surface area contributed by atoms with E-state index in [1.807, 2.05) is 7.05 Å². The molecule has 3 aliphatic rings. The number of ether oxygens (including phenoxy) is 3. The zero-order chi connectivity index (χ0) is 18.7. The van der Waals surface area contributed by atoms with Crippen molar-refractivity contribution in [2.45, 2.75) is 82.5 Å². The molecule has 0 aromatic rings. The third-order valence-electron chi connectivity index (χ3n) is 6.04. The van der Waals surface area contributed by atoms with Gasteiger partial charge in [0.15, 0.2) is 5.96 Å². The Balaban J connectivity index is 1.28.